The maximum absolute atomic E-state index is 12.6. The number of carbonyl (C=O) groups is 2. The molecule has 1 aromatic carbocycles. The standard InChI is InChI=1S/C21H27N7OS.C2HF3O2/c22-20(23)26-11-1-2-14-3-5-16(6-4-14)27-19(29)18-8-7-17(30-18)15-9-12-28(13-10-15)21(24)25;3-2(4,5)1(6)7/h3-9H,1-2,10-13H2,(H3,24,25)(H,27,29)(H4,22,23,26);(H,6,7). The molecular weight excluding hydrogens is 511 g/mol. The molecule has 0 radical (unpaired) electrons. The van der Waals surface area contributed by atoms with E-state index in [-0.39, 0.29) is 17.8 Å². The number of anilines is 1. The Hall–Kier alpha value is -4.07. The molecular formula is C23H28F3N7O3S. The smallest absolute Gasteiger partial charge is 0.475 e. The number of nitrogens with zero attached hydrogens (tertiary/aromatic N) is 2. The Morgan fingerprint density at radius 1 is 1.14 bits per heavy atom. The summed E-state index contributed by atoms with van der Waals surface area (Å²) in [5, 5.41) is 17.6. The van der Waals surface area contributed by atoms with Crippen LogP contribution in [0.2, 0.25) is 0 Å². The molecule has 10 nitrogen and oxygen atoms in total. The summed E-state index contributed by atoms with van der Waals surface area (Å²) >= 11 is 1.48. The van der Waals surface area contributed by atoms with Crippen molar-refractivity contribution in [3.63, 3.8) is 0 Å². The van der Waals surface area contributed by atoms with Crippen molar-refractivity contribution in [2.75, 3.05) is 25.0 Å². The molecule has 14 heteroatoms. The van der Waals surface area contributed by atoms with Crippen LogP contribution in [0.4, 0.5) is 18.9 Å². The van der Waals surface area contributed by atoms with Gasteiger partial charge in [-0.05, 0) is 54.7 Å². The van der Waals surface area contributed by atoms with Gasteiger partial charge in [0, 0.05) is 30.2 Å². The van der Waals surface area contributed by atoms with E-state index >= 15 is 0 Å². The number of alkyl halides is 3. The summed E-state index contributed by atoms with van der Waals surface area (Å²) in [7, 11) is 0. The number of carboxylic acids is 1. The molecule has 2 aromatic rings. The summed E-state index contributed by atoms with van der Waals surface area (Å²) in [6.07, 6.45) is -0.465. The highest BCUT2D eigenvalue weighted by atomic mass is 32.1. The quantitative estimate of drug-likeness (QED) is 0.177. The van der Waals surface area contributed by atoms with Crippen molar-refractivity contribution in [3.8, 4) is 0 Å². The minimum Gasteiger partial charge on any atom is -0.475 e. The second-order valence-corrected chi connectivity index (χ2v) is 8.92. The molecule has 0 saturated heterocycles. The first-order chi connectivity index (χ1) is 17.4. The lowest BCUT2D eigenvalue weighted by Gasteiger charge is -2.26. The number of halogens is 3. The van der Waals surface area contributed by atoms with Crippen molar-refractivity contribution >= 4 is 46.4 Å². The summed E-state index contributed by atoms with van der Waals surface area (Å²) in [4.78, 5) is 29.0. The Labute approximate surface area is 215 Å². The van der Waals surface area contributed by atoms with Gasteiger partial charge in [-0.1, -0.05) is 18.2 Å². The van der Waals surface area contributed by atoms with Crippen molar-refractivity contribution < 1.29 is 27.9 Å². The Bertz CT molecular complexity index is 1160. The summed E-state index contributed by atoms with van der Waals surface area (Å²) < 4.78 is 31.7. The highest BCUT2D eigenvalue weighted by Gasteiger charge is 2.38. The van der Waals surface area contributed by atoms with Crippen molar-refractivity contribution in [1.82, 2.24) is 4.90 Å². The summed E-state index contributed by atoms with van der Waals surface area (Å²) in [6.45, 7) is 1.95. The fourth-order valence-electron chi connectivity index (χ4n) is 3.18. The van der Waals surface area contributed by atoms with Crippen LogP contribution in [0.5, 0.6) is 0 Å². The summed E-state index contributed by atoms with van der Waals surface area (Å²) in [5.41, 5.74) is 19.3. The van der Waals surface area contributed by atoms with Crippen LogP contribution in [0.3, 0.4) is 0 Å². The predicted octanol–water partition coefficient (Wildman–Crippen LogP) is 2.82. The Kier molecular flexibility index (Phi) is 10.5. The molecule has 3 rings (SSSR count). The average Bonchev–Trinajstić information content (AvgIpc) is 3.33. The zero-order valence-corrected chi connectivity index (χ0v) is 20.5. The lowest BCUT2D eigenvalue weighted by Crippen LogP contribution is -2.39. The average molecular weight is 540 g/mol. The van der Waals surface area contributed by atoms with Crippen LogP contribution in [-0.4, -0.2) is 59.6 Å². The minimum atomic E-state index is -5.08. The second kappa shape index (κ2) is 13.3. The summed E-state index contributed by atoms with van der Waals surface area (Å²) in [6, 6.07) is 11.6. The molecule has 0 bridgehead atoms. The lowest BCUT2D eigenvalue weighted by molar-refractivity contribution is -0.192. The maximum Gasteiger partial charge on any atom is 0.490 e. The number of amides is 1. The van der Waals surface area contributed by atoms with Crippen LogP contribution in [0.1, 0.15) is 33.0 Å². The lowest BCUT2D eigenvalue weighted by atomic mass is 10.1. The fourth-order valence-corrected chi connectivity index (χ4v) is 4.15. The molecule has 0 fully saturated rings. The number of thiophene rings is 1. The van der Waals surface area contributed by atoms with Gasteiger partial charge in [-0.2, -0.15) is 13.2 Å². The number of carboxylic acid groups (broad SMARTS) is 1. The third-order valence-electron chi connectivity index (χ3n) is 5.07. The fraction of sp³-hybridized carbons (Fsp3) is 0.304. The first kappa shape index (κ1) is 29.2. The third kappa shape index (κ3) is 9.83. The van der Waals surface area contributed by atoms with Crippen molar-refractivity contribution in [2.45, 2.75) is 25.4 Å². The van der Waals surface area contributed by atoms with Crippen LogP contribution in [0.25, 0.3) is 5.57 Å². The van der Waals surface area contributed by atoms with E-state index in [1.54, 1.807) is 0 Å². The van der Waals surface area contributed by atoms with E-state index in [9.17, 15) is 18.0 Å². The normalized spacial score (nSPS) is 13.1. The van der Waals surface area contributed by atoms with Gasteiger partial charge in [-0.3, -0.25) is 15.2 Å². The topological polar surface area (TPSA) is 184 Å². The highest BCUT2D eigenvalue weighted by Crippen LogP contribution is 2.29. The number of nitrogens with two attached hydrogens (primary N) is 3. The second-order valence-electron chi connectivity index (χ2n) is 7.84. The number of rotatable bonds is 7. The van der Waals surface area contributed by atoms with Crippen LogP contribution in [0.15, 0.2) is 47.5 Å². The number of aliphatic carboxylic acids is 1. The van der Waals surface area contributed by atoms with Crippen molar-refractivity contribution in [1.29, 1.82) is 5.41 Å². The van der Waals surface area contributed by atoms with Gasteiger partial charge in [-0.25, -0.2) is 4.79 Å². The molecule has 1 aromatic heterocycles. The molecule has 1 amide bonds. The summed E-state index contributed by atoms with van der Waals surface area (Å²) in [5.74, 6) is -2.67. The van der Waals surface area contributed by atoms with Crippen LogP contribution >= 0.6 is 11.3 Å². The molecule has 200 valence electrons. The molecule has 0 aliphatic carbocycles. The molecule has 1 aliphatic rings. The van der Waals surface area contributed by atoms with Gasteiger partial charge >= 0.3 is 12.1 Å². The first-order valence-electron chi connectivity index (χ1n) is 11.0. The number of aliphatic imine (C=N–C) groups is 1. The monoisotopic (exact) mass is 539 g/mol. The van der Waals surface area contributed by atoms with E-state index < -0.39 is 12.1 Å². The Morgan fingerprint density at radius 3 is 2.30 bits per heavy atom. The minimum absolute atomic E-state index is 0.0938. The third-order valence-corrected chi connectivity index (χ3v) is 6.23. The maximum atomic E-state index is 12.6. The number of aryl methyl sites for hydroxylation is 1. The zero-order chi connectivity index (χ0) is 27.6. The number of carbonyl (C=O) groups excluding carboxylic acids is 1. The molecule has 0 saturated carbocycles. The number of guanidine groups is 2. The van der Waals surface area contributed by atoms with Gasteiger partial charge < -0.3 is 32.5 Å². The van der Waals surface area contributed by atoms with Gasteiger partial charge in [0.1, 0.15) is 0 Å². The molecule has 1 aliphatic heterocycles. The highest BCUT2D eigenvalue weighted by molar-refractivity contribution is 7.15. The van der Waals surface area contributed by atoms with E-state index in [2.05, 4.69) is 16.4 Å². The predicted molar refractivity (Wildman–Crippen MR) is 137 cm³/mol. The van der Waals surface area contributed by atoms with Gasteiger partial charge in [0.05, 0.1) is 4.88 Å². The number of hydrogen-bond acceptors (Lipinski definition) is 5. The SMILES string of the molecule is N=C(N)N1CC=C(c2ccc(C(=O)Nc3ccc(CCCN=C(N)N)cc3)s2)CC1.O=C(O)C(F)(F)F. The molecule has 0 spiro atoms. The molecule has 0 unspecified atom stereocenters. The largest absolute Gasteiger partial charge is 0.490 e. The zero-order valence-electron chi connectivity index (χ0n) is 19.7. The Balaban J connectivity index is 0.000000604. The van der Waals surface area contributed by atoms with E-state index in [1.807, 2.05) is 41.3 Å². The molecule has 9 N–H and O–H groups in total. The first-order valence-corrected chi connectivity index (χ1v) is 11.8. The number of benzene rings is 1. The van der Waals surface area contributed by atoms with Crippen molar-refractivity contribution in [3.05, 3.63) is 57.8 Å². The number of nitrogens with one attached hydrogen (secondary N) is 2. The van der Waals surface area contributed by atoms with Crippen LogP contribution in [0, 0.1) is 5.41 Å². The molecule has 2 heterocycles. The molecule has 37 heavy (non-hydrogen) atoms. The van der Waals surface area contributed by atoms with Crippen molar-refractivity contribution in [2.24, 2.45) is 22.2 Å². The van der Waals surface area contributed by atoms with Gasteiger partial charge in [0.15, 0.2) is 11.9 Å². The van der Waals surface area contributed by atoms with E-state index in [4.69, 9.17) is 32.5 Å². The van der Waals surface area contributed by atoms with Crippen LogP contribution < -0.4 is 22.5 Å². The van der Waals surface area contributed by atoms with Crippen LogP contribution in [-0.2, 0) is 11.2 Å². The van der Waals surface area contributed by atoms with Gasteiger partial charge in [-0.15, -0.1) is 11.3 Å². The molecule has 0 atom stereocenters. The van der Waals surface area contributed by atoms with E-state index in [0.29, 0.717) is 18.0 Å². The van der Waals surface area contributed by atoms with Gasteiger partial charge in [0.25, 0.3) is 5.91 Å². The number of hydrogen-bond donors (Lipinski definition) is 6. The van der Waals surface area contributed by atoms with E-state index in [0.717, 1.165) is 36.4 Å². The Morgan fingerprint density at radius 2 is 1.78 bits per heavy atom. The van der Waals surface area contributed by atoms with E-state index in [1.165, 1.54) is 22.5 Å². The van der Waals surface area contributed by atoms with Gasteiger partial charge in [0.2, 0.25) is 0 Å².